The molecule has 0 saturated heterocycles. The van der Waals surface area contributed by atoms with E-state index in [1.54, 1.807) is 35.3 Å². The molecule has 0 saturated carbocycles. The lowest BCUT2D eigenvalue weighted by Gasteiger charge is -2.15. The lowest BCUT2D eigenvalue weighted by molar-refractivity contribution is -0.116. The summed E-state index contributed by atoms with van der Waals surface area (Å²) < 4.78 is 26.9. The lowest BCUT2D eigenvalue weighted by Crippen LogP contribution is -2.27. The number of benzene rings is 1. The Bertz CT molecular complexity index is 668. The number of amides is 1. The van der Waals surface area contributed by atoms with Gasteiger partial charge in [0.2, 0.25) is 15.9 Å². The fourth-order valence-corrected chi connectivity index (χ4v) is 3.27. The fraction of sp³-hybridized carbons (Fsp3) is 0.357. The van der Waals surface area contributed by atoms with E-state index in [1.165, 1.54) is 6.92 Å². The number of nitrogens with two attached hydrogens (primary N) is 1. The first kappa shape index (κ1) is 15.7. The molecule has 0 aromatic heterocycles. The lowest BCUT2D eigenvalue weighted by atomic mass is 10.2. The highest BCUT2D eigenvalue weighted by Gasteiger charge is 2.24. The van der Waals surface area contributed by atoms with E-state index in [-0.39, 0.29) is 17.3 Å². The molecule has 0 radical (unpaired) electrons. The third-order valence-corrected chi connectivity index (χ3v) is 4.76. The molecular weight excluding hydrogens is 290 g/mol. The van der Waals surface area contributed by atoms with Gasteiger partial charge in [-0.25, -0.2) is 13.1 Å². The Morgan fingerprint density at radius 3 is 2.86 bits per heavy atom. The van der Waals surface area contributed by atoms with Crippen molar-refractivity contribution in [3.8, 4) is 0 Å². The zero-order valence-corrected chi connectivity index (χ0v) is 12.7. The minimum absolute atomic E-state index is 0.0814. The van der Waals surface area contributed by atoms with Gasteiger partial charge in [0, 0.05) is 32.2 Å². The molecule has 0 atom stereocenters. The Kier molecular flexibility index (Phi) is 4.76. The molecule has 1 heterocycles. The number of carbonyl (C=O) groups is 1. The van der Waals surface area contributed by atoms with Crippen molar-refractivity contribution in [2.45, 2.75) is 18.2 Å². The fourth-order valence-electron chi connectivity index (χ4n) is 2.27. The summed E-state index contributed by atoms with van der Waals surface area (Å²) >= 11 is 0. The van der Waals surface area contributed by atoms with Crippen LogP contribution in [0.2, 0.25) is 0 Å². The molecule has 7 heteroatoms. The van der Waals surface area contributed by atoms with Crippen molar-refractivity contribution in [2.75, 3.05) is 24.5 Å². The number of hydrogen-bond donors (Lipinski definition) is 2. The van der Waals surface area contributed by atoms with Gasteiger partial charge >= 0.3 is 0 Å². The van der Waals surface area contributed by atoms with Gasteiger partial charge in [-0.1, -0.05) is 18.2 Å². The van der Waals surface area contributed by atoms with Gasteiger partial charge in [-0.15, -0.1) is 0 Å². The normalized spacial score (nSPS) is 14.7. The molecule has 0 spiro atoms. The van der Waals surface area contributed by atoms with Crippen molar-refractivity contribution < 1.29 is 13.2 Å². The van der Waals surface area contributed by atoms with Crippen molar-refractivity contribution in [1.29, 1.82) is 0 Å². The number of nitrogens with one attached hydrogen (secondary N) is 1. The minimum atomic E-state index is -3.59. The van der Waals surface area contributed by atoms with Crippen LogP contribution in [0.5, 0.6) is 0 Å². The molecule has 1 aliphatic rings. The molecule has 114 valence electrons. The minimum Gasteiger partial charge on any atom is -0.327 e. The van der Waals surface area contributed by atoms with Gasteiger partial charge in [0.25, 0.3) is 0 Å². The summed E-state index contributed by atoms with van der Waals surface area (Å²) in [4.78, 5) is 13.3. The number of hydrogen-bond acceptors (Lipinski definition) is 4. The predicted octanol–water partition coefficient (Wildman–Crippen LogP) is 0.389. The summed E-state index contributed by atoms with van der Waals surface area (Å²) in [6.07, 6.45) is 4.09. The average molecular weight is 309 g/mol. The van der Waals surface area contributed by atoms with Crippen molar-refractivity contribution in [3.05, 3.63) is 35.9 Å². The van der Waals surface area contributed by atoms with Gasteiger partial charge in [0.1, 0.15) is 0 Å². The van der Waals surface area contributed by atoms with Crippen LogP contribution in [0.4, 0.5) is 5.69 Å². The molecule has 6 nitrogen and oxygen atoms in total. The Morgan fingerprint density at radius 2 is 2.19 bits per heavy atom. The van der Waals surface area contributed by atoms with Crippen LogP contribution >= 0.6 is 0 Å². The van der Waals surface area contributed by atoms with Gasteiger partial charge in [0.15, 0.2) is 0 Å². The summed E-state index contributed by atoms with van der Waals surface area (Å²) in [5.41, 5.74) is 6.97. The highest BCUT2D eigenvalue weighted by Crippen LogP contribution is 2.30. The van der Waals surface area contributed by atoms with E-state index in [9.17, 15) is 13.2 Å². The first-order chi connectivity index (χ1) is 9.95. The number of anilines is 1. The van der Waals surface area contributed by atoms with E-state index in [2.05, 4.69) is 4.72 Å². The highest BCUT2D eigenvalue weighted by molar-refractivity contribution is 7.89. The summed E-state index contributed by atoms with van der Waals surface area (Å²) in [5, 5.41) is 0. The maximum atomic E-state index is 12.2. The molecule has 1 aromatic carbocycles. The van der Waals surface area contributed by atoms with Gasteiger partial charge in [-0.05, 0) is 24.1 Å². The molecule has 21 heavy (non-hydrogen) atoms. The Morgan fingerprint density at radius 1 is 1.43 bits per heavy atom. The maximum Gasteiger partial charge on any atom is 0.240 e. The van der Waals surface area contributed by atoms with Crippen LogP contribution in [-0.2, 0) is 21.2 Å². The monoisotopic (exact) mass is 309 g/mol. The van der Waals surface area contributed by atoms with E-state index in [4.69, 9.17) is 5.73 Å². The van der Waals surface area contributed by atoms with Crippen LogP contribution in [-0.4, -0.2) is 34.0 Å². The summed E-state index contributed by atoms with van der Waals surface area (Å²) in [6, 6.07) is 4.89. The van der Waals surface area contributed by atoms with E-state index in [0.29, 0.717) is 18.8 Å². The molecule has 0 fully saturated rings. The van der Waals surface area contributed by atoms with Crippen molar-refractivity contribution in [2.24, 2.45) is 5.73 Å². The number of carbonyl (C=O) groups excluding carboxylic acids is 1. The van der Waals surface area contributed by atoms with Crippen LogP contribution in [0, 0.1) is 0 Å². The molecule has 1 aromatic rings. The molecule has 3 N–H and O–H groups in total. The van der Waals surface area contributed by atoms with E-state index < -0.39 is 10.0 Å². The summed E-state index contributed by atoms with van der Waals surface area (Å²) in [5.74, 6) is -0.0814. The quantitative estimate of drug-likeness (QED) is 0.770. The third-order valence-electron chi connectivity index (χ3n) is 3.34. The first-order valence-electron chi connectivity index (χ1n) is 6.71. The largest absolute Gasteiger partial charge is 0.327 e. The number of fused-ring (bicyclic) bond motifs is 1. The zero-order valence-electron chi connectivity index (χ0n) is 11.9. The van der Waals surface area contributed by atoms with Crippen molar-refractivity contribution >= 4 is 21.6 Å². The number of sulfonamides is 1. The third kappa shape index (κ3) is 3.49. The molecule has 0 bridgehead atoms. The topological polar surface area (TPSA) is 92.5 Å². The molecule has 0 aliphatic carbocycles. The second-order valence-electron chi connectivity index (χ2n) is 4.77. The van der Waals surface area contributed by atoms with Gasteiger partial charge in [0.05, 0.1) is 4.90 Å². The standard InChI is InChI=1S/C14H19N3O3S/c1-11(18)17-9-6-12-4-5-13(10-14(12)17)21(19,20)16-8-3-2-7-15/h2-5,10,16H,6-9,15H2,1H3/b3-2+. The van der Waals surface area contributed by atoms with Crippen molar-refractivity contribution in [1.82, 2.24) is 4.72 Å². The predicted molar refractivity (Wildman–Crippen MR) is 81.6 cm³/mol. The van der Waals surface area contributed by atoms with Gasteiger partial charge in [-0.3, -0.25) is 4.79 Å². The highest BCUT2D eigenvalue weighted by atomic mass is 32.2. The van der Waals surface area contributed by atoms with Crippen molar-refractivity contribution in [3.63, 3.8) is 0 Å². The SMILES string of the molecule is CC(=O)N1CCc2ccc(S(=O)(=O)NC/C=C/CN)cc21. The van der Waals surface area contributed by atoms with Gasteiger partial charge < -0.3 is 10.6 Å². The van der Waals surface area contributed by atoms with E-state index in [1.807, 2.05) is 0 Å². The number of nitrogens with zero attached hydrogens (tertiary/aromatic N) is 1. The second kappa shape index (κ2) is 6.38. The molecule has 2 rings (SSSR count). The van der Waals surface area contributed by atoms with Crippen LogP contribution < -0.4 is 15.4 Å². The molecule has 1 aliphatic heterocycles. The summed E-state index contributed by atoms with van der Waals surface area (Å²) in [6.45, 7) is 2.63. The Balaban J connectivity index is 2.23. The van der Waals surface area contributed by atoms with Crippen LogP contribution in [0.3, 0.4) is 0 Å². The molecule has 0 unspecified atom stereocenters. The zero-order chi connectivity index (χ0) is 15.5. The second-order valence-corrected chi connectivity index (χ2v) is 6.54. The van der Waals surface area contributed by atoms with Crippen LogP contribution in [0.25, 0.3) is 0 Å². The molecule has 1 amide bonds. The maximum absolute atomic E-state index is 12.2. The van der Waals surface area contributed by atoms with Crippen LogP contribution in [0.15, 0.2) is 35.2 Å². The van der Waals surface area contributed by atoms with E-state index in [0.717, 1.165) is 12.0 Å². The van der Waals surface area contributed by atoms with E-state index >= 15 is 0 Å². The smallest absolute Gasteiger partial charge is 0.240 e. The molecular formula is C14H19N3O3S. The van der Waals surface area contributed by atoms with Gasteiger partial charge in [-0.2, -0.15) is 0 Å². The van der Waals surface area contributed by atoms with Crippen LogP contribution in [0.1, 0.15) is 12.5 Å². The summed E-state index contributed by atoms with van der Waals surface area (Å²) in [7, 11) is -3.59. The number of rotatable bonds is 5. The first-order valence-corrected chi connectivity index (χ1v) is 8.20. The average Bonchev–Trinajstić information content (AvgIpc) is 2.86. The Labute approximate surface area is 124 Å². The Hall–Kier alpha value is -1.70.